The van der Waals surface area contributed by atoms with Crippen LogP contribution in [0.25, 0.3) is 0 Å². The van der Waals surface area contributed by atoms with Crippen LogP contribution in [0.4, 0.5) is 14.9 Å². The van der Waals surface area contributed by atoms with Gasteiger partial charge in [-0.3, -0.25) is 0 Å². The highest BCUT2D eigenvalue weighted by Gasteiger charge is 2.31. The summed E-state index contributed by atoms with van der Waals surface area (Å²) in [4.78, 5) is 14.8. The number of amides is 2. The van der Waals surface area contributed by atoms with Crippen LogP contribution in [0.2, 0.25) is 0 Å². The predicted molar refractivity (Wildman–Crippen MR) is 115 cm³/mol. The molecule has 8 heteroatoms. The number of hydrogen-bond acceptors (Lipinski definition) is 4. The van der Waals surface area contributed by atoms with Crippen molar-refractivity contribution >= 4 is 21.7 Å². The van der Waals surface area contributed by atoms with Crippen molar-refractivity contribution in [2.24, 2.45) is 0 Å². The fraction of sp³-hybridized carbons (Fsp3) is 0.667. The molecule has 1 aliphatic rings. The number of likely N-dealkylation sites (tertiary alicyclic amines) is 1. The zero-order chi connectivity index (χ0) is 21.8. The number of carbonyl (C=O) groups is 1. The molecular formula is C21H34FN3O3S. The molecule has 1 aromatic carbocycles. The zero-order valence-electron chi connectivity index (χ0n) is 18.1. The molecular weight excluding hydrogens is 393 g/mol. The summed E-state index contributed by atoms with van der Waals surface area (Å²) >= 11 is 0. The molecule has 0 aromatic heterocycles. The lowest BCUT2D eigenvalue weighted by molar-refractivity contribution is 0.229. The molecule has 0 radical (unpaired) electrons. The van der Waals surface area contributed by atoms with E-state index in [1.165, 1.54) is 12.1 Å². The van der Waals surface area contributed by atoms with Crippen LogP contribution in [-0.4, -0.2) is 44.2 Å². The Morgan fingerprint density at radius 2 is 1.66 bits per heavy atom. The first-order valence-corrected chi connectivity index (χ1v) is 12.0. The van der Waals surface area contributed by atoms with Crippen LogP contribution in [0, 0.1) is 5.82 Å². The standard InChI is InChI=1S/C21H34FN3O3S/c1-6-9-25-10-7-17(8-11-25)29(27,28)24-21(26)23-20-18(14(2)3)12-16(22)13-19(20)15(4)5/h12-15,17H,6-11H2,1-5H3,(H2,23,24,26). The van der Waals surface area contributed by atoms with Gasteiger partial charge in [-0.05, 0) is 74.0 Å². The van der Waals surface area contributed by atoms with E-state index in [0.29, 0.717) is 42.7 Å². The Morgan fingerprint density at radius 1 is 1.14 bits per heavy atom. The first kappa shape index (κ1) is 23.6. The molecule has 0 unspecified atom stereocenters. The van der Waals surface area contributed by atoms with E-state index < -0.39 is 21.3 Å². The van der Waals surface area contributed by atoms with Crippen LogP contribution in [0.3, 0.4) is 0 Å². The van der Waals surface area contributed by atoms with Crippen molar-refractivity contribution in [2.75, 3.05) is 25.0 Å². The van der Waals surface area contributed by atoms with Gasteiger partial charge in [-0.25, -0.2) is 22.3 Å². The van der Waals surface area contributed by atoms with Crippen molar-refractivity contribution in [2.45, 2.75) is 71.0 Å². The number of nitrogens with one attached hydrogen (secondary N) is 2. The minimum absolute atomic E-state index is 0.0296. The summed E-state index contributed by atoms with van der Waals surface area (Å²) in [6.07, 6.45) is 2.05. The highest BCUT2D eigenvalue weighted by atomic mass is 32.2. The number of sulfonamides is 1. The third-order valence-corrected chi connectivity index (χ3v) is 7.21. The predicted octanol–water partition coefficient (Wildman–Crippen LogP) is 4.40. The molecule has 1 saturated heterocycles. The van der Waals surface area contributed by atoms with Crippen LogP contribution in [-0.2, 0) is 10.0 Å². The molecule has 1 heterocycles. The fourth-order valence-corrected chi connectivity index (χ4v) is 5.12. The Kier molecular flexibility index (Phi) is 8.05. The van der Waals surface area contributed by atoms with Crippen molar-refractivity contribution in [1.29, 1.82) is 0 Å². The van der Waals surface area contributed by atoms with E-state index in [9.17, 15) is 17.6 Å². The lowest BCUT2D eigenvalue weighted by atomic mass is 9.92. The van der Waals surface area contributed by atoms with E-state index in [1.807, 2.05) is 27.7 Å². The molecule has 2 amide bonds. The normalized spacial score (nSPS) is 16.4. The zero-order valence-corrected chi connectivity index (χ0v) is 18.9. The minimum Gasteiger partial charge on any atom is -0.307 e. The van der Waals surface area contributed by atoms with Gasteiger partial charge in [-0.2, -0.15) is 0 Å². The van der Waals surface area contributed by atoms with Crippen molar-refractivity contribution in [3.8, 4) is 0 Å². The first-order chi connectivity index (χ1) is 13.5. The topological polar surface area (TPSA) is 78.5 Å². The Morgan fingerprint density at radius 3 is 2.10 bits per heavy atom. The molecule has 0 bridgehead atoms. The number of piperidine rings is 1. The molecule has 0 spiro atoms. The average molecular weight is 428 g/mol. The highest BCUT2D eigenvalue weighted by Crippen LogP contribution is 2.33. The molecule has 0 atom stereocenters. The van der Waals surface area contributed by atoms with Gasteiger partial charge < -0.3 is 10.2 Å². The second kappa shape index (κ2) is 9.89. The number of carbonyl (C=O) groups excluding carboxylic acids is 1. The van der Waals surface area contributed by atoms with Crippen molar-refractivity contribution in [3.05, 3.63) is 29.1 Å². The Labute approximate surface area is 174 Å². The van der Waals surface area contributed by atoms with Crippen molar-refractivity contribution in [1.82, 2.24) is 9.62 Å². The molecule has 1 aromatic rings. The number of rotatable bonds is 7. The maximum absolute atomic E-state index is 14.0. The monoisotopic (exact) mass is 427 g/mol. The molecule has 0 saturated carbocycles. The summed E-state index contributed by atoms with van der Waals surface area (Å²) in [6.45, 7) is 12.1. The van der Waals surface area contributed by atoms with Crippen LogP contribution in [0.1, 0.15) is 76.8 Å². The van der Waals surface area contributed by atoms with E-state index in [0.717, 1.165) is 13.0 Å². The Bertz CT molecular complexity index is 787. The molecule has 29 heavy (non-hydrogen) atoms. The van der Waals surface area contributed by atoms with E-state index in [-0.39, 0.29) is 17.7 Å². The third-order valence-electron chi connectivity index (χ3n) is 5.39. The quantitative estimate of drug-likeness (QED) is 0.676. The van der Waals surface area contributed by atoms with E-state index in [2.05, 4.69) is 21.9 Å². The number of hydrogen-bond donors (Lipinski definition) is 2. The van der Waals surface area contributed by atoms with Crippen LogP contribution in [0.5, 0.6) is 0 Å². The van der Waals surface area contributed by atoms with Crippen molar-refractivity contribution in [3.63, 3.8) is 0 Å². The summed E-state index contributed by atoms with van der Waals surface area (Å²) < 4.78 is 41.6. The summed E-state index contributed by atoms with van der Waals surface area (Å²) in [5.41, 5.74) is 1.78. The number of anilines is 1. The van der Waals surface area contributed by atoms with E-state index in [4.69, 9.17) is 0 Å². The summed E-state index contributed by atoms with van der Waals surface area (Å²) in [5.74, 6) is -0.425. The van der Waals surface area contributed by atoms with Gasteiger partial charge in [0.2, 0.25) is 10.0 Å². The van der Waals surface area contributed by atoms with E-state index in [1.54, 1.807) is 0 Å². The van der Waals surface area contributed by atoms with Gasteiger partial charge >= 0.3 is 6.03 Å². The molecule has 2 rings (SSSR count). The van der Waals surface area contributed by atoms with Crippen LogP contribution < -0.4 is 10.0 Å². The molecule has 1 aliphatic heterocycles. The van der Waals surface area contributed by atoms with Gasteiger partial charge in [0.05, 0.1) is 5.25 Å². The Balaban J connectivity index is 2.14. The Hall–Kier alpha value is -1.67. The number of halogens is 1. The lowest BCUT2D eigenvalue weighted by Crippen LogP contribution is -2.46. The van der Waals surface area contributed by atoms with Crippen molar-refractivity contribution < 1.29 is 17.6 Å². The molecule has 0 aliphatic carbocycles. The molecule has 1 fully saturated rings. The van der Waals surface area contributed by atoms with Gasteiger partial charge in [0.25, 0.3) is 0 Å². The minimum atomic E-state index is -3.78. The maximum Gasteiger partial charge on any atom is 0.332 e. The summed E-state index contributed by atoms with van der Waals surface area (Å²) in [6, 6.07) is 1.99. The lowest BCUT2D eigenvalue weighted by Gasteiger charge is -2.31. The van der Waals surface area contributed by atoms with Gasteiger partial charge in [0.1, 0.15) is 5.82 Å². The van der Waals surface area contributed by atoms with E-state index >= 15 is 0 Å². The first-order valence-electron chi connectivity index (χ1n) is 10.4. The second-order valence-corrected chi connectivity index (χ2v) is 10.4. The largest absolute Gasteiger partial charge is 0.332 e. The number of urea groups is 1. The SMILES string of the molecule is CCCN1CCC(S(=O)(=O)NC(=O)Nc2c(C(C)C)cc(F)cc2C(C)C)CC1. The van der Waals surface area contributed by atoms with Crippen LogP contribution in [0.15, 0.2) is 12.1 Å². The number of nitrogens with zero attached hydrogens (tertiary/aromatic N) is 1. The molecule has 164 valence electrons. The average Bonchev–Trinajstić information content (AvgIpc) is 2.62. The van der Waals surface area contributed by atoms with Gasteiger partial charge in [-0.15, -0.1) is 0 Å². The van der Waals surface area contributed by atoms with Gasteiger partial charge in [0, 0.05) is 5.69 Å². The van der Waals surface area contributed by atoms with Crippen LogP contribution >= 0.6 is 0 Å². The second-order valence-electron chi connectivity index (χ2n) is 8.41. The highest BCUT2D eigenvalue weighted by molar-refractivity contribution is 7.90. The maximum atomic E-state index is 14.0. The van der Waals surface area contributed by atoms with Gasteiger partial charge in [0.15, 0.2) is 0 Å². The fourth-order valence-electron chi connectivity index (χ4n) is 3.82. The summed E-state index contributed by atoms with van der Waals surface area (Å²) in [5, 5.41) is 2.11. The molecule has 2 N–H and O–H groups in total. The third kappa shape index (κ3) is 6.15. The summed E-state index contributed by atoms with van der Waals surface area (Å²) in [7, 11) is -3.78. The van der Waals surface area contributed by atoms with Gasteiger partial charge in [-0.1, -0.05) is 34.6 Å². The molecule has 6 nitrogen and oxygen atoms in total. The smallest absolute Gasteiger partial charge is 0.307 e. The number of benzene rings is 1.